The zero-order valence-corrected chi connectivity index (χ0v) is 7.59. The number of benzene rings is 1. The Balaban J connectivity index is 2.06. The summed E-state index contributed by atoms with van der Waals surface area (Å²) in [5, 5.41) is 3.47. The van der Waals surface area contributed by atoms with Crippen LogP contribution in [0.15, 0.2) is 36.5 Å². The Morgan fingerprint density at radius 2 is 2.08 bits per heavy atom. The van der Waals surface area contributed by atoms with Crippen molar-refractivity contribution in [2.45, 2.75) is 24.8 Å². The minimum atomic E-state index is 0.630. The molecule has 0 saturated carbocycles. The van der Waals surface area contributed by atoms with Gasteiger partial charge in [0.15, 0.2) is 0 Å². The van der Waals surface area contributed by atoms with E-state index in [4.69, 9.17) is 0 Å². The zero-order valence-electron chi connectivity index (χ0n) is 7.59. The van der Waals surface area contributed by atoms with Crippen LogP contribution < -0.4 is 5.32 Å². The molecule has 13 heavy (non-hydrogen) atoms. The molecular formula is C12H13N. The highest BCUT2D eigenvalue weighted by Gasteiger charge is 2.36. The third kappa shape index (κ3) is 0.932. The van der Waals surface area contributed by atoms with Gasteiger partial charge in [-0.1, -0.05) is 30.8 Å². The molecular weight excluding hydrogens is 158 g/mol. The van der Waals surface area contributed by atoms with Crippen LogP contribution in [0.1, 0.15) is 23.5 Å². The summed E-state index contributed by atoms with van der Waals surface area (Å²) in [6.45, 7) is 4.00. The summed E-state index contributed by atoms with van der Waals surface area (Å²) < 4.78 is 0. The van der Waals surface area contributed by atoms with Crippen LogP contribution in [0.2, 0.25) is 0 Å². The number of nitrogens with one attached hydrogen (secondary N) is 1. The summed E-state index contributed by atoms with van der Waals surface area (Å²) in [6.07, 6.45) is 2.31. The molecule has 2 aliphatic rings. The van der Waals surface area contributed by atoms with Crippen LogP contribution in [0.3, 0.4) is 0 Å². The molecule has 3 rings (SSSR count). The molecule has 1 heteroatoms. The molecule has 1 N–H and O–H groups in total. The number of hydrogen-bond acceptors (Lipinski definition) is 1. The van der Waals surface area contributed by atoms with Gasteiger partial charge < -0.3 is 5.32 Å². The van der Waals surface area contributed by atoms with Crippen LogP contribution in [-0.2, 0) is 6.42 Å². The normalized spacial score (nSPS) is 29.7. The first-order chi connectivity index (χ1) is 6.34. The van der Waals surface area contributed by atoms with Crippen LogP contribution >= 0.6 is 0 Å². The van der Waals surface area contributed by atoms with Crippen LogP contribution in [0.5, 0.6) is 0 Å². The Bertz CT molecular complexity index is 367. The van der Waals surface area contributed by atoms with E-state index < -0.39 is 0 Å². The minimum absolute atomic E-state index is 0.630. The third-order valence-electron chi connectivity index (χ3n) is 3.24. The van der Waals surface area contributed by atoms with Gasteiger partial charge in [0.25, 0.3) is 0 Å². The van der Waals surface area contributed by atoms with E-state index in [0.29, 0.717) is 12.0 Å². The Morgan fingerprint density at radius 3 is 3.00 bits per heavy atom. The first kappa shape index (κ1) is 7.19. The summed E-state index contributed by atoms with van der Waals surface area (Å²) >= 11 is 0. The van der Waals surface area contributed by atoms with Crippen LogP contribution in [0, 0.1) is 0 Å². The topological polar surface area (TPSA) is 12.0 Å². The van der Waals surface area contributed by atoms with Gasteiger partial charge in [-0.05, 0) is 24.0 Å². The van der Waals surface area contributed by atoms with Gasteiger partial charge in [-0.15, -0.1) is 0 Å². The first-order valence-electron chi connectivity index (χ1n) is 4.87. The van der Waals surface area contributed by atoms with E-state index in [9.17, 15) is 0 Å². The molecule has 66 valence electrons. The van der Waals surface area contributed by atoms with E-state index in [0.717, 1.165) is 6.42 Å². The maximum atomic E-state index is 4.00. The summed E-state index contributed by atoms with van der Waals surface area (Å²) in [4.78, 5) is 0. The molecule has 1 saturated heterocycles. The van der Waals surface area contributed by atoms with E-state index in [1.54, 1.807) is 5.56 Å². The molecule has 0 aromatic heterocycles. The quantitative estimate of drug-likeness (QED) is 0.631. The molecule has 1 heterocycles. The smallest absolute Gasteiger partial charge is 0.0370 e. The predicted octanol–water partition coefficient (Wildman–Crippen LogP) is 2.20. The maximum Gasteiger partial charge on any atom is 0.0370 e. The minimum Gasteiger partial charge on any atom is -0.385 e. The maximum absolute atomic E-state index is 4.00. The molecule has 1 nitrogen and oxygen atoms in total. The lowest BCUT2D eigenvalue weighted by Crippen LogP contribution is -2.22. The molecule has 2 unspecified atom stereocenters. The fourth-order valence-corrected chi connectivity index (χ4v) is 2.67. The molecule has 1 aromatic carbocycles. The molecule has 0 radical (unpaired) electrons. The number of rotatable bonds is 0. The van der Waals surface area contributed by atoms with Crippen molar-refractivity contribution < 1.29 is 0 Å². The predicted molar refractivity (Wildman–Crippen MR) is 53.6 cm³/mol. The fourth-order valence-electron chi connectivity index (χ4n) is 2.67. The number of fused-ring (bicyclic) bond motifs is 3. The zero-order chi connectivity index (χ0) is 8.84. The standard InChI is InChI=1S/C12H13N/c1-8-6-11-10-5-3-2-4-9(10)7-12(11)13-8/h2-5,11-13H,1,6-7H2. The summed E-state index contributed by atoms with van der Waals surface area (Å²) in [5.41, 5.74) is 4.28. The molecule has 1 fully saturated rings. The van der Waals surface area contributed by atoms with Gasteiger partial charge in [0.1, 0.15) is 0 Å². The van der Waals surface area contributed by atoms with Gasteiger partial charge in [-0.3, -0.25) is 0 Å². The number of hydrogen-bond donors (Lipinski definition) is 1. The molecule has 0 spiro atoms. The lowest BCUT2D eigenvalue weighted by Gasteiger charge is -2.07. The molecule has 0 amide bonds. The van der Waals surface area contributed by atoms with E-state index in [2.05, 4.69) is 36.2 Å². The Hall–Kier alpha value is -1.24. The average Bonchev–Trinajstić information content (AvgIpc) is 2.60. The summed E-state index contributed by atoms with van der Waals surface area (Å²) in [6, 6.07) is 9.42. The van der Waals surface area contributed by atoms with E-state index in [-0.39, 0.29) is 0 Å². The molecule has 1 aromatic rings. The van der Waals surface area contributed by atoms with Crippen molar-refractivity contribution in [3.05, 3.63) is 47.7 Å². The highest BCUT2D eigenvalue weighted by Crippen LogP contribution is 2.41. The van der Waals surface area contributed by atoms with Crippen molar-refractivity contribution in [2.24, 2.45) is 0 Å². The highest BCUT2D eigenvalue weighted by atomic mass is 15.0. The van der Waals surface area contributed by atoms with Gasteiger partial charge in [0.2, 0.25) is 0 Å². The van der Waals surface area contributed by atoms with Crippen LogP contribution in [0.25, 0.3) is 0 Å². The molecule has 1 aliphatic carbocycles. The second-order valence-electron chi connectivity index (χ2n) is 4.07. The van der Waals surface area contributed by atoms with E-state index in [1.165, 1.54) is 17.7 Å². The van der Waals surface area contributed by atoms with Crippen LogP contribution in [0.4, 0.5) is 0 Å². The third-order valence-corrected chi connectivity index (χ3v) is 3.24. The largest absolute Gasteiger partial charge is 0.385 e. The second-order valence-corrected chi connectivity index (χ2v) is 4.07. The Labute approximate surface area is 78.5 Å². The second kappa shape index (κ2) is 2.38. The van der Waals surface area contributed by atoms with E-state index >= 15 is 0 Å². The Kier molecular flexibility index (Phi) is 1.32. The van der Waals surface area contributed by atoms with E-state index in [1.807, 2.05) is 0 Å². The summed E-state index contributed by atoms with van der Waals surface area (Å²) in [5.74, 6) is 0.698. The molecule has 1 aliphatic heterocycles. The molecule has 0 bridgehead atoms. The van der Waals surface area contributed by atoms with Crippen molar-refractivity contribution >= 4 is 0 Å². The van der Waals surface area contributed by atoms with Crippen molar-refractivity contribution in [2.75, 3.05) is 0 Å². The van der Waals surface area contributed by atoms with Gasteiger partial charge in [-0.2, -0.15) is 0 Å². The van der Waals surface area contributed by atoms with Gasteiger partial charge in [0.05, 0.1) is 0 Å². The molecule has 2 atom stereocenters. The monoisotopic (exact) mass is 171 g/mol. The van der Waals surface area contributed by atoms with Gasteiger partial charge >= 0.3 is 0 Å². The summed E-state index contributed by atoms with van der Waals surface area (Å²) in [7, 11) is 0. The van der Waals surface area contributed by atoms with Crippen molar-refractivity contribution in [1.82, 2.24) is 5.32 Å². The lowest BCUT2D eigenvalue weighted by molar-refractivity contribution is 0.595. The fraction of sp³-hybridized carbons (Fsp3) is 0.333. The average molecular weight is 171 g/mol. The lowest BCUT2D eigenvalue weighted by atomic mass is 9.98. The van der Waals surface area contributed by atoms with Crippen molar-refractivity contribution in [3.8, 4) is 0 Å². The van der Waals surface area contributed by atoms with Gasteiger partial charge in [-0.25, -0.2) is 0 Å². The van der Waals surface area contributed by atoms with Crippen LogP contribution in [-0.4, -0.2) is 6.04 Å². The van der Waals surface area contributed by atoms with Gasteiger partial charge in [0, 0.05) is 17.7 Å². The highest BCUT2D eigenvalue weighted by molar-refractivity contribution is 5.40. The number of allylic oxidation sites excluding steroid dienone is 1. The first-order valence-corrected chi connectivity index (χ1v) is 4.87. The van der Waals surface area contributed by atoms with Crippen molar-refractivity contribution in [3.63, 3.8) is 0 Å². The SMILES string of the molecule is C=C1CC2c3ccccc3CC2N1. The van der Waals surface area contributed by atoms with Crippen molar-refractivity contribution in [1.29, 1.82) is 0 Å². The Morgan fingerprint density at radius 1 is 1.23 bits per heavy atom.